The lowest BCUT2D eigenvalue weighted by molar-refractivity contribution is 0.0748. The minimum atomic E-state index is -0.247. The molecule has 0 spiro atoms. The summed E-state index contributed by atoms with van der Waals surface area (Å²) >= 11 is 1.48. The number of hydrogen-bond donors (Lipinski definition) is 1. The van der Waals surface area contributed by atoms with Crippen LogP contribution in [0.15, 0.2) is 30.3 Å². The van der Waals surface area contributed by atoms with E-state index < -0.39 is 0 Å². The highest BCUT2D eigenvalue weighted by atomic mass is 32.1. The van der Waals surface area contributed by atoms with E-state index in [1.54, 1.807) is 12.1 Å². The average molecular weight is 318 g/mol. The molecule has 1 amide bonds. The van der Waals surface area contributed by atoms with E-state index in [2.05, 4.69) is 5.32 Å². The zero-order chi connectivity index (χ0) is 15.7. The van der Waals surface area contributed by atoms with Crippen molar-refractivity contribution in [2.24, 2.45) is 0 Å². The topological polar surface area (TPSA) is 32.3 Å². The maximum Gasteiger partial charge on any atom is 0.263 e. The van der Waals surface area contributed by atoms with Crippen LogP contribution in [0, 0.1) is 12.7 Å². The summed E-state index contributed by atoms with van der Waals surface area (Å²) in [7, 11) is 1.87. The lowest BCUT2D eigenvalue weighted by atomic mass is 10.1. The summed E-state index contributed by atoms with van der Waals surface area (Å²) in [6.45, 7) is 3.81. The Labute approximate surface area is 133 Å². The Morgan fingerprint density at radius 1 is 1.36 bits per heavy atom. The van der Waals surface area contributed by atoms with Crippen molar-refractivity contribution in [1.82, 2.24) is 10.2 Å². The number of nitrogens with one attached hydrogen (secondary N) is 1. The van der Waals surface area contributed by atoms with Gasteiger partial charge in [0.05, 0.1) is 4.88 Å². The molecular weight excluding hydrogens is 299 g/mol. The third-order valence-corrected chi connectivity index (χ3v) is 5.41. The number of nitrogens with zero attached hydrogens (tertiary/aromatic N) is 1. The molecule has 5 heteroatoms. The molecule has 1 aromatic heterocycles. The molecule has 1 atom stereocenters. The van der Waals surface area contributed by atoms with Crippen LogP contribution in [0.4, 0.5) is 4.39 Å². The third kappa shape index (κ3) is 2.91. The second kappa shape index (κ2) is 6.18. The van der Waals surface area contributed by atoms with Crippen molar-refractivity contribution in [1.29, 1.82) is 0 Å². The lowest BCUT2D eigenvalue weighted by Crippen LogP contribution is -2.37. The van der Waals surface area contributed by atoms with Crippen molar-refractivity contribution >= 4 is 17.2 Å². The normalized spacial score (nSPS) is 17.7. The van der Waals surface area contributed by atoms with Crippen LogP contribution < -0.4 is 5.32 Å². The number of hydrogen-bond acceptors (Lipinski definition) is 3. The molecule has 1 N–H and O–H groups in total. The van der Waals surface area contributed by atoms with Crippen molar-refractivity contribution in [2.45, 2.75) is 19.4 Å². The highest BCUT2D eigenvalue weighted by Gasteiger charge is 2.25. The molecule has 3 rings (SSSR count). The Morgan fingerprint density at radius 3 is 2.73 bits per heavy atom. The Bertz CT molecular complexity index is 674. The second-order valence-corrected chi connectivity index (χ2v) is 6.74. The second-order valence-electron chi connectivity index (χ2n) is 5.69. The van der Waals surface area contributed by atoms with Crippen LogP contribution in [0.25, 0.3) is 10.4 Å². The highest BCUT2D eigenvalue weighted by molar-refractivity contribution is 7.17. The number of benzene rings is 1. The molecule has 0 aliphatic carbocycles. The predicted octanol–water partition coefficient (Wildman–Crippen LogP) is 3.30. The first-order valence-corrected chi connectivity index (χ1v) is 8.22. The summed E-state index contributed by atoms with van der Waals surface area (Å²) in [6.07, 6.45) is 0.997. The van der Waals surface area contributed by atoms with Crippen molar-refractivity contribution in [2.75, 3.05) is 20.1 Å². The van der Waals surface area contributed by atoms with Gasteiger partial charge in [-0.05, 0) is 49.2 Å². The molecule has 1 aromatic carbocycles. The number of halogens is 1. The van der Waals surface area contributed by atoms with Crippen molar-refractivity contribution in [3.63, 3.8) is 0 Å². The van der Waals surface area contributed by atoms with Gasteiger partial charge in [0, 0.05) is 24.5 Å². The van der Waals surface area contributed by atoms with Crippen LogP contribution in [0.2, 0.25) is 0 Å². The van der Waals surface area contributed by atoms with Gasteiger partial charge in [-0.25, -0.2) is 4.39 Å². The van der Waals surface area contributed by atoms with Gasteiger partial charge in [0.15, 0.2) is 0 Å². The first kappa shape index (κ1) is 15.2. The van der Waals surface area contributed by atoms with E-state index in [-0.39, 0.29) is 17.8 Å². The van der Waals surface area contributed by atoms with E-state index in [9.17, 15) is 9.18 Å². The molecular formula is C17H19FN2OS. The van der Waals surface area contributed by atoms with Crippen molar-refractivity contribution in [3.8, 4) is 10.4 Å². The summed E-state index contributed by atoms with van der Waals surface area (Å²) in [5, 5.41) is 3.28. The number of aryl methyl sites for hydroxylation is 1. The number of thiophene rings is 1. The molecule has 1 fully saturated rings. The fourth-order valence-electron chi connectivity index (χ4n) is 2.78. The van der Waals surface area contributed by atoms with Gasteiger partial charge in [-0.3, -0.25) is 4.79 Å². The van der Waals surface area contributed by atoms with Crippen LogP contribution in [0.3, 0.4) is 0 Å². The van der Waals surface area contributed by atoms with E-state index in [0.717, 1.165) is 40.4 Å². The highest BCUT2D eigenvalue weighted by Crippen LogP contribution is 2.33. The molecule has 1 saturated heterocycles. The van der Waals surface area contributed by atoms with Crippen LogP contribution in [-0.2, 0) is 0 Å². The standard InChI is InChI=1S/C17H19FN2OS/c1-11-9-15(17(21)20(2)14-7-8-19-10-14)22-16(11)12-3-5-13(18)6-4-12/h3-6,9,14,19H,7-8,10H2,1-2H3. The van der Waals surface area contributed by atoms with Gasteiger partial charge in [-0.15, -0.1) is 11.3 Å². The molecule has 2 heterocycles. The van der Waals surface area contributed by atoms with E-state index in [1.165, 1.54) is 23.5 Å². The number of amides is 1. The van der Waals surface area contributed by atoms with Crippen LogP contribution in [0.1, 0.15) is 21.7 Å². The third-order valence-electron chi connectivity index (χ3n) is 4.14. The smallest absolute Gasteiger partial charge is 0.263 e. The van der Waals surface area contributed by atoms with Gasteiger partial charge >= 0.3 is 0 Å². The summed E-state index contributed by atoms with van der Waals surface area (Å²) in [6, 6.07) is 8.62. The number of likely N-dealkylation sites (N-methyl/N-ethyl adjacent to an activating group) is 1. The van der Waals surface area contributed by atoms with E-state index in [4.69, 9.17) is 0 Å². The van der Waals surface area contributed by atoms with Gasteiger partial charge in [-0.2, -0.15) is 0 Å². The summed E-state index contributed by atoms with van der Waals surface area (Å²) < 4.78 is 13.1. The molecule has 1 unspecified atom stereocenters. The molecule has 1 aliphatic rings. The molecule has 0 saturated carbocycles. The van der Waals surface area contributed by atoms with Gasteiger partial charge < -0.3 is 10.2 Å². The first-order valence-electron chi connectivity index (χ1n) is 7.40. The minimum Gasteiger partial charge on any atom is -0.337 e. The number of carbonyl (C=O) groups is 1. The monoisotopic (exact) mass is 318 g/mol. The Kier molecular flexibility index (Phi) is 4.27. The zero-order valence-electron chi connectivity index (χ0n) is 12.7. The fourth-order valence-corrected chi connectivity index (χ4v) is 3.95. The van der Waals surface area contributed by atoms with Gasteiger partial charge in [0.1, 0.15) is 5.82 Å². The number of carbonyl (C=O) groups excluding carboxylic acids is 1. The molecule has 2 aromatic rings. The Morgan fingerprint density at radius 2 is 2.09 bits per heavy atom. The maximum absolute atomic E-state index is 13.1. The molecule has 0 radical (unpaired) electrons. The zero-order valence-corrected chi connectivity index (χ0v) is 13.5. The minimum absolute atomic E-state index is 0.0650. The SMILES string of the molecule is Cc1cc(C(=O)N(C)C2CCNC2)sc1-c1ccc(F)cc1. The molecule has 22 heavy (non-hydrogen) atoms. The van der Waals surface area contributed by atoms with Gasteiger partial charge in [0.25, 0.3) is 5.91 Å². The van der Waals surface area contributed by atoms with Crippen LogP contribution in [-0.4, -0.2) is 37.0 Å². The molecule has 116 valence electrons. The first-order chi connectivity index (χ1) is 10.6. The van der Waals surface area contributed by atoms with Crippen LogP contribution in [0.5, 0.6) is 0 Å². The molecule has 3 nitrogen and oxygen atoms in total. The lowest BCUT2D eigenvalue weighted by Gasteiger charge is -2.23. The van der Waals surface area contributed by atoms with Gasteiger partial charge in [0.2, 0.25) is 0 Å². The van der Waals surface area contributed by atoms with Gasteiger partial charge in [-0.1, -0.05) is 12.1 Å². The number of rotatable bonds is 3. The van der Waals surface area contributed by atoms with E-state index in [0.29, 0.717) is 0 Å². The molecule has 0 bridgehead atoms. The summed E-state index contributed by atoms with van der Waals surface area (Å²) in [5.74, 6) is -0.183. The fraction of sp³-hybridized carbons (Fsp3) is 0.353. The van der Waals surface area contributed by atoms with Crippen molar-refractivity contribution in [3.05, 3.63) is 46.6 Å². The molecule has 1 aliphatic heterocycles. The summed E-state index contributed by atoms with van der Waals surface area (Å²) in [5.41, 5.74) is 2.01. The Balaban J connectivity index is 1.85. The van der Waals surface area contributed by atoms with E-state index >= 15 is 0 Å². The van der Waals surface area contributed by atoms with Crippen molar-refractivity contribution < 1.29 is 9.18 Å². The van der Waals surface area contributed by atoms with E-state index in [1.807, 2.05) is 24.9 Å². The largest absolute Gasteiger partial charge is 0.337 e. The predicted molar refractivity (Wildman–Crippen MR) is 87.8 cm³/mol. The summed E-state index contributed by atoms with van der Waals surface area (Å²) in [4.78, 5) is 16.2. The maximum atomic E-state index is 13.1. The Hall–Kier alpha value is -1.72. The average Bonchev–Trinajstić information content (AvgIpc) is 3.16. The van der Waals surface area contributed by atoms with Crippen LogP contribution >= 0.6 is 11.3 Å². The quantitative estimate of drug-likeness (QED) is 0.942.